The van der Waals surface area contributed by atoms with Crippen LogP contribution in [-0.2, 0) is 16.1 Å². The van der Waals surface area contributed by atoms with Crippen molar-refractivity contribution in [2.45, 2.75) is 44.4 Å². The van der Waals surface area contributed by atoms with Crippen LogP contribution in [0.5, 0.6) is 0 Å². The van der Waals surface area contributed by atoms with Crippen LogP contribution in [0.4, 0.5) is 8.78 Å². The highest BCUT2D eigenvalue weighted by Crippen LogP contribution is 2.30. The molecule has 3 heterocycles. The first-order valence-electron chi connectivity index (χ1n) is 10.6. The Kier molecular flexibility index (Phi) is 6.69. The highest BCUT2D eigenvalue weighted by molar-refractivity contribution is 5.81. The molecule has 0 saturated carbocycles. The van der Waals surface area contributed by atoms with E-state index in [1.165, 1.54) is 12.1 Å². The van der Waals surface area contributed by atoms with Gasteiger partial charge >= 0.3 is 0 Å². The van der Waals surface area contributed by atoms with E-state index < -0.39 is 17.7 Å². The second kappa shape index (κ2) is 9.62. The molecule has 5 nitrogen and oxygen atoms in total. The van der Waals surface area contributed by atoms with Crippen molar-refractivity contribution in [1.29, 1.82) is 0 Å². The Morgan fingerprint density at radius 1 is 1.20 bits per heavy atom. The third kappa shape index (κ3) is 5.02. The van der Waals surface area contributed by atoms with Crippen LogP contribution in [0.3, 0.4) is 0 Å². The average molecular weight is 415 g/mol. The molecule has 0 aliphatic carbocycles. The van der Waals surface area contributed by atoms with Crippen molar-refractivity contribution < 1.29 is 18.3 Å². The van der Waals surface area contributed by atoms with Gasteiger partial charge in [0, 0.05) is 25.9 Å². The number of nitrogens with one attached hydrogen (secondary N) is 1. The van der Waals surface area contributed by atoms with Gasteiger partial charge in [-0.15, -0.1) is 0 Å². The molecule has 30 heavy (non-hydrogen) atoms. The zero-order valence-electron chi connectivity index (χ0n) is 16.9. The number of benzene rings is 1. The maximum absolute atomic E-state index is 13.6. The maximum Gasteiger partial charge on any atom is 0.249 e. The number of piperidine rings is 1. The number of likely N-dealkylation sites (tertiary alicyclic amines) is 1. The molecule has 0 radical (unpaired) electrons. The lowest BCUT2D eigenvalue weighted by atomic mass is 9.88. The Morgan fingerprint density at radius 3 is 2.83 bits per heavy atom. The second-order valence-electron chi connectivity index (χ2n) is 8.13. The molecule has 0 bridgehead atoms. The molecule has 1 amide bonds. The van der Waals surface area contributed by atoms with Crippen molar-refractivity contribution in [2.24, 2.45) is 5.92 Å². The van der Waals surface area contributed by atoms with E-state index in [0.717, 1.165) is 50.0 Å². The van der Waals surface area contributed by atoms with E-state index in [4.69, 9.17) is 4.74 Å². The predicted molar refractivity (Wildman–Crippen MR) is 108 cm³/mol. The van der Waals surface area contributed by atoms with E-state index >= 15 is 0 Å². The van der Waals surface area contributed by atoms with E-state index in [1.807, 2.05) is 18.2 Å². The summed E-state index contributed by atoms with van der Waals surface area (Å²) in [6, 6.07) is 9.56. The van der Waals surface area contributed by atoms with Gasteiger partial charge in [-0.05, 0) is 68.0 Å². The minimum absolute atomic E-state index is 0.0825. The van der Waals surface area contributed by atoms with Crippen LogP contribution in [0, 0.1) is 17.6 Å². The number of nitrogens with zero attached hydrogens (tertiary/aromatic N) is 2. The highest BCUT2D eigenvalue weighted by atomic mass is 19.2. The number of pyridine rings is 1. The number of rotatable bonds is 6. The molecule has 2 fully saturated rings. The first-order chi connectivity index (χ1) is 14.6. The van der Waals surface area contributed by atoms with Gasteiger partial charge in [0.15, 0.2) is 11.6 Å². The average Bonchev–Trinajstić information content (AvgIpc) is 3.30. The summed E-state index contributed by atoms with van der Waals surface area (Å²) in [7, 11) is 0. The van der Waals surface area contributed by atoms with Gasteiger partial charge in [-0.3, -0.25) is 14.7 Å². The number of hydrogen-bond acceptors (Lipinski definition) is 4. The second-order valence-corrected chi connectivity index (χ2v) is 8.13. The summed E-state index contributed by atoms with van der Waals surface area (Å²) in [6.07, 6.45) is 4.92. The standard InChI is InChI=1S/C23H27F2N3O2/c24-18-9-8-16(13-19(18)25)14-28-11-3-5-17(15-28)22(20-6-1-2-10-26-20)27-23(29)21-7-4-12-30-21/h1-2,6,8-10,13,17,21-22H,3-5,7,11-12,14-15H2,(H,27,29)/t17-,21+,22-/m0/s1. The maximum atomic E-state index is 13.6. The number of carbonyl (C=O) groups is 1. The summed E-state index contributed by atoms with van der Waals surface area (Å²) in [5.41, 5.74) is 1.58. The summed E-state index contributed by atoms with van der Waals surface area (Å²) in [5, 5.41) is 3.18. The topological polar surface area (TPSA) is 54.5 Å². The Morgan fingerprint density at radius 2 is 2.10 bits per heavy atom. The summed E-state index contributed by atoms with van der Waals surface area (Å²) >= 11 is 0. The fraction of sp³-hybridized carbons (Fsp3) is 0.478. The molecule has 2 aliphatic heterocycles. The van der Waals surface area contributed by atoms with Crippen molar-refractivity contribution in [2.75, 3.05) is 19.7 Å². The van der Waals surface area contributed by atoms with Crippen molar-refractivity contribution >= 4 is 5.91 Å². The Labute approximate surface area is 175 Å². The lowest BCUT2D eigenvalue weighted by Gasteiger charge is -2.37. The van der Waals surface area contributed by atoms with E-state index in [9.17, 15) is 13.6 Å². The van der Waals surface area contributed by atoms with Crippen LogP contribution in [0.2, 0.25) is 0 Å². The smallest absolute Gasteiger partial charge is 0.249 e. The SMILES string of the molecule is O=C(N[C@H](c1ccccn1)[C@H]1CCCN(Cc2ccc(F)c(F)c2)C1)[C@H]1CCCO1. The lowest BCUT2D eigenvalue weighted by Crippen LogP contribution is -2.45. The summed E-state index contributed by atoms with van der Waals surface area (Å²) in [6.45, 7) is 2.79. The van der Waals surface area contributed by atoms with Crippen LogP contribution in [-0.4, -0.2) is 41.6 Å². The molecule has 3 atom stereocenters. The third-order valence-electron chi connectivity index (χ3n) is 5.93. The summed E-state index contributed by atoms with van der Waals surface area (Å²) in [4.78, 5) is 19.5. The van der Waals surface area contributed by atoms with Crippen LogP contribution < -0.4 is 5.32 Å². The van der Waals surface area contributed by atoms with Crippen molar-refractivity contribution in [3.8, 4) is 0 Å². The first-order valence-corrected chi connectivity index (χ1v) is 10.6. The molecule has 0 unspecified atom stereocenters. The molecular weight excluding hydrogens is 388 g/mol. The van der Waals surface area contributed by atoms with Gasteiger partial charge in [-0.1, -0.05) is 12.1 Å². The quantitative estimate of drug-likeness (QED) is 0.783. The van der Waals surface area contributed by atoms with E-state index in [1.54, 1.807) is 12.3 Å². The number of ether oxygens (including phenoxy) is 1. The zero-order chi connectivity index (χ0) is 20.9. The Balaban J connectivity index is 1.48. The molecule has 2 saturated heterocycles. The predicted octanol–water partition coefficient (Wildman–Crippen LogP) is 3.61. The van der Waals surface area contributed by atoms with Gasteiger partial charge in [0.25, 0.3) is 0 Å². The normalized spacial score (nSPS) is 23.3. The van der Waals surface area contributed by atoms with Crippen molar-refractivity contribution in [3.05, 3.63) is 65.5 Å². The first kappa shape index (κ1) is 20.9. The minimum atomic E-state index is -0.831. The molecule has 7 heteroatoms. The molecule has 2 aromatic rings. The highest BCUT2D eigenvalue weighted by Gasteiger charge is 2.33. The molecule has 0 spiro atoms. The number of carbonyl (C=O) groups excluding carboxylic acids is 1. The Hall–Kier alpha value is -2.38. The van der Waals surface area contributed by atoms with Crippen molar-refractivity contribution in [3.63, 3.8) is 0 Å². The van der Waals surface area contributed by atoms with E-state index in [0.29, 0.717) is 13.2 Å². The fourth-order valence-corrected chi connectivity index (χ4v) is 4.43. The van der Waals surface area contributed by atoms with Crippen molar-refractivity contribution in [1.82, 2.24) is 15.2 Å². The third-order valence-corrected chi connectivity index (χ3v) is 5.93. The van der Waals surface area contributed by atoms with E-state index in [-0.39, 0.29) is 17.9 Å². The number of halogens is 2. The van der Waals surface area contributed by atoms with Crippen LogP contribution in [0.25, 0.3) is 0 Å². The van der Waals surface area contributed by atoms with Crippen LogP contribution in [0.15, 0.2) is 42.6 Å². The van der Waals surface area contributed by atoms with Gasteiger partial charge in [0.2, 0.25) is 5.91 Å². The van der Waals surface area contributed by atoms with Crippen LogP contribution in [0.1, 0.15) is 43.0 Å². The van der Waals surface area contributed by atoms with Crippen LogP contribution >= 0.6 is 0 Å². The molecule has 1 aromatic carbocycles. The Bertz CT molecular complexity index is 859. The zero-order valence-corrected chi connectivity index (χ0v) is 16.9. The monoisotopic (exact) mass is 415 g/mol. The fourth-order valence-electron chi connectivity index (χ4n) is 4.43. The largest absolute Gasteiger partial charge is 0.368 e. The molecule has 2 aliphatic rings. The van der Waals surface area contributed by atoms with Gasteiger partial charge in [0.05, 0.1) is 11.7 Å². The summed E-state index contributed by atoms with van der Waals surface area (Å²) < 4.78 is 32.4. The number of hydrogen-bond donors (Lipinski definition) is 1. The van der Waals surface area contributed by atoms with E-state index in [2.05, 4.69) is 15.2 Å². The summed E-state index contributed by atoms with van der Waals surface area (Å²) in [5.74, 6) is -1.57. The van der Waals surface area contributed by atoms with Gasteiger partial charge in [-0.2, -0.15) is 0 Å². The van der Waals surface area contributed by atoms with Gasteiger partial charge < -0.3 is 10.1 Å². The molecular formula is C23H27F2N3O2. The minimum Gasteiger partial charge on any atom is -0.368 e. The number of aromatic nitrogens is 1. The molecule has 1 aromatic heterocycles. The number of amides is 1. The van der Waals surface area contributed by atoms with Gasteiger partial charge in [-0.25, -0.2) is 8.78 Å². The van der Waals surface area contributed by atoms with Gasteiger partial charge in [0.1, 0.15) is 6.10 Å². The lowest BCUT2D eigenvalue weighted by molar-refractivity contribution is -0.131. The molecule has 160 valence electrons. The molecule has 4 rings (SSSR count). The molecule has 1 N–H and O–H groups in total.